The molecule has 1 aromatic rings. The Morgan fingerprint density at radius 3 is 2.73 bits per heavy atom. The van der Waals surface area contributed by atoms with Crippen LogP contribution in [0.1, 0.15) is 0 Å². The number of carbonyl (C=O) groups is 3. The SMILES string of the molecule is COCC1=C(C(=O)O)N2C(=O)C(NC(=O)COc3ccccc3)[C@H]2SC1. The molecule has 0 saturated carbocycles. The summed E-state index contributed by atoms with van der Waals surface area (Å²) in [6, 6.07) is 8.10. The number of para-hydroxylation sites is 1. The van der Waals surface area contributed by atoms with Gasteiger partial charge in [0.05, 0.1) is 6.61 Å². The lowest BCUT2D eigenvalue weighted by molar-refractivity contribution is -0.151. The maximum absolute atomic E-state index is 12.4. The predicted octanol–water partition coefficient (Wildman–Crippen LogP) is 0.450. The number of carbonyl (C=O) groups excluding carboxylic acids is 2. The van der Waals surface area contributed by atoms with E-state index in [9.17, 15) is 19.5 Å². The lowest BCUT2D eigenvalue weighted by atomic mass is 10.0. The quantitative estimate of drug-likeness (QED) is 0.664. The highest BCUT2D eigenvalue weighted by Crippen LogP contribution is 2.40. The van der Waals surface area contributed by atoms with Gasteiger partial charge in [0.2, 0.25) is 0 Å². The Kier molecular flexibility index (Phi) is 5.48. The van der Waals surface area contributed by atoms with Crippen molar-refractivity contribution in [1.29, 1.82) is 0 Å². The molecule has 1 saturated heterocycles. The van der Waals surface area contributed by atoms with Gasteiger partial charge in [-0.1, -0.05) is 18.2 Å². The van der Waals surface area contributed by atoms with Crippen molar-refractivity contribution in [3.8, 4) is 5.75 Å². The monoisotopic (exact) mass is 378 g/mol. The van der Waals surface area contributed by atoms with E-state index in [0.717, 1.165) is 0 Å². The molecular formula is C17H18N2O6S. The number of amides is 2. The summed E-state index contributed by atoms with van der Waals surface area (Å²) in [6.07, 6.45) is 0. The largest absolute Gasteiger partial charge is 0.484 e. The van der Waals surface area contributed by atoms with Gasteiger partial charge >= 0.3 is 5.97 Å². The molecule has 1 unspecified atom stereocenters. The van der Waals surface area contributed by atoms with E-state index in [1.54, 1.807) is 24.3 Å². The highest BCUT2D eigenvalue weighted by Gasteiger charge is 2.54. The minimum Gasteiger partial charge on any atom is -0.484 e. The second-order valence-corrected chi connectivity index (χ2v) is 6.85. The van der Waals surface area contributed by atoms with Crippen LogP contribution in [0, 0.1) is 0 Å². The summed E-state index contributed by atoms with van der Waals surface area (Å²) < 4.78 is 10.4. The maximum atomic E-state index is 12.4. The fraction of sp³-hybridized carbons (Fsp3) is 0.353. The van der Waals surface area contributed by atoms with E-state index in [2.05, 4.69) is 5.32 Å². The number of fused-ring (bicyclic) bond motifs is 1. The van der Waals surface area contributed by atoms with Gasteiger partial charge < -0.3 is 19.9 Å². The second kappa shape index (κ2) is 7.79. The Morgan fingerprint density at radius 1 is 1.35 bits per heavy atom. The molecule has 0 spiro atoms. The van der Waals surface area contributed by atoms with Crippen molar-refractivity contribution in [2.75, 3.05) is 26.1 Å². The van der Waals surface area contributed by atoms with E-state index in [1.165, 1.54) is 23.8 Å². The molecule has 0 radical (unpaired) electrons. The van der Waals surface area contributed by atoms with Crippen molar-refractivity contribution in [3.05, 3.63) is 41.6 Å². The van der Waals surface area contributed by atoms with Crippen molar-refractivity contribution in [2.45, 2.75) is 11.4 Å². The number of nitrogens with one attached hydrogen (secondary N) is 1. The summed E-state index contributed by atoms with van der Waals surface area (Å²) in [5.41, 5.74) is 0.499. The number of hydrogen-bond acceptors (Lipinski definition) is 6. The summed E-state index contributed by atoms with van der Waals surface area (Å²) in [6.45, 7) is -0.0746. The van der Waals surface area contributed by atoms with Crippen LogP contribution in [-0.2, 0) is 19.1 Å². The van der Waals surface area contributed by atoms with E-state index in [-0.39, 0.29) is 18.9 Å². The Morgan fingerprint density at radius 2 is 2.08 bits per heavy atom. The van der Waals surface area contributed by atoms with Gasteiger partial charge in [0.15, 0.2) is 6.61 Å². The molecule has 1 fully saturated rings. The predicted molar refractivity (Wildman–Crippen MR) is 93.5 cm³/mol. The number of carboxylic acid groups (broad SMARTS) is 1. The first-order valence-electron chi connectivity index (χ1n) is 7.89. The molecule has 2 heterocycles. The van der Waals surface area contributed by atoms with Crippen LogP contribution in [0.15, 0.2) is 41.6 Å². The van der Waals surface area contributed by atoms with Crippen LogP contribution in [-0.4, -0.2) is 65.3 Å². The third-order valence-corrected chi connectivity index (χ3v) is 5.34. The number of thioether (sulfide) groups is 1. The third kappa shape index (κ3) is 3.54. The van der Waals surface area contributed by atoms with E-state index in [1.807, 2.05) is 6.07 Å². The van der Waals surface area contributed by atoms with Gasteiger partial charge in [0.25, 0.3) is 11.8 Å². The molecule has 0 aliphatic carbocycles. The molecular weight excluding hydrogens is 360 g/mol. The van der Waals surface area contributed by atoms with Gasteiger partial charge in [-0.3, -0.25) is 14.5 Å². The Labute approximate surface area is 154 Å². The first kappa shape index (κ1) is 18.3. The Hall–Kier alpha value is -2.52. The van der Waals surface area contributed by atoms with Gasteiger partial charge in [0.1, 0.15) is 22.9 Å². The molecule has 2 amide bonds. The molecule has 2 aliphatic heterocycles. The smallest absolute Gasteiger partial charge is 0.352 e. The van der Waals surface area contributed by atoms with Crippen LogP contribution < -0.4 is 10.1 Å². The van der Waals surface area contributed by atoms with Gasteiger partial charge in [-0.15, -0.1) is 11.8 Å². The topological polar surface area (TPSA) is 105 Å². The zero-order chi connectivity index (χ0) is 18.7. The van der Waals surface area contributed by atoms with Gasteiger partial charge in [-0.25, -0.2) is 4.79 Å². The number of nitrogens with zero attached hydrogens (tertiary/aromatic N) is 1. The van der Waals surface area contributed by atoms with Crippen molar-refractivity contribution in [2.24, 2.45) is 0 Å². The fourth-order valence-electron chi connectivity index (χ4n) is 2.85. The highest BCUT2D eigenvalue weighted by molar-refractivity contribution is 8.00. The van der Waals surface area contributed by atoms with E-state index >= 15 is 0 Å². The van der Waals surface area contributed by atoms with Crippen molar-refractivity contribution in [3.63, 3.8) is 0 Å². The summed E-state index contributed by atoms with van der Waals surface area (Å²) in [4.78, 5) is 37.2. The van der Waals surface area contributed by atoms with Gasteiger partial charge in [0, 0.05) is 12.9 Å². The molecule has 2 atom stereocenters. The standard InChI is InChI=1S/C17H18N2O6S/c1-24-7-10-9-26-16-13(15(21)19(16)14(10)17(22)23)18-12(20)8-25-11-5-3-2-4-6-11/h2-6,13,16H,7-9H2,1H3,(H,18,20)(H,22,23)/t13?,16-/m1/s1. The molecule has 0 aromatic heterocycles. The number of hydrogen-bond donors (Lipinski definition) is 2. The molecule has 0 bridgehead atoms. The molecule has 9 heteroatoms. The second-order valence-electron chi connectivity index (χ2n) is 5.75. The van der Waals surface area contributed by atoms with Crippen LogP contribution in [0.4, 0.5) is 0 Å². The average molecular weight is 378 g/mol. The first-order valence-corrected chi connectivity index (χ1v) is 8.94. The molecule has 26 heavy (non-hydrogen) atoms. The van der Waals surface area contributed by atoms with Crippen LogP contribution in [0.25, 0.3) is 0 Å². The lowest BCUT2D eigenvalue weighted by Gasteiger charge is -2.49. The minimum absolute atomic E-state index is 0.0494. The molecule has 3 rings (SSSR count). The average Bonchev–Trinajstić information content (AvgIpc) is 2.65. The Bertz CT molecular complexity index is 751. The summed E-state index contributed by atoms with van der Waals surface area (Å²) in [5, 5.41) is 11.6. The van der Waals surface area contributed by atoms with E-state index in [4.69, 9.17) is 9.47 Å². The fourth-order valence-corrected chi connectivity index (χ4v) is 4.18. The minimum atomic E-state index is -1.17. The van der Waals surface area contributed by atoms with Crippen molar-refractivity contribution >= 4 is 29.5 Å². The zero-order valence-electron chi connectivity index (χ0n) is 14.0. The zero-order valence-corrected chi connectivity index (χ0v) is 14.8. The number of aliphatic carboxylic acids is 1. The first-order chi connectivity index (χ1) is 12.5. The highest BCUT2D eigenvalue weighted by atomic mass is 32.2. The molecule has 138 valence electrons. The van der Waals surface area contributed by atoms with Crippen molar-refractivity contribution < 1.29 is 29.0 Å². The maximum Gasteiger partial charge on any atom is 0.352 e. The lowest BCUT2D eigenvalue weighted by Crippen LogP contribution is -2.71. The molecule has 1 aromatic carbocycles. The van der Waals surface area contributed by atoms with Crippen molar-refractivity contribution in [1.82, 2.24) is 10.2 Å². The number of β-lactam (4-membered cyclic amide) rings is 1. The van der Waals surface area contributed by atoms with Gasteiger partial charge in [-0.05, 0) is 17.7 Å². The number of carboxylic acids is 1. The Balaban J connectivity index is 1.61. The van der Waals surface area contributed by atoms with Crippen LogP contribution in [0.5, 0.6) is 5.75 Å². The van der Waals surface area contributed by atoms with Crippen LogP contribution >= 0.6 is 11.8 Å². The summed E-state index contributed by atoms with van der Waals surface area (Å²) in [7, 11) is 1.47. The summed E-state index contributed by atoms with van der Waals surface area (Å²) in [5.74, 6) is -1.07. The molecule has 2 aliphatic rings. The third-order valence-electron chi connectivity index (χ3n) is 4.00. The van der Waals surface area contributed by atoms with E-state index in [0.29, 0.717) is 17.1 Å². The molecule has 2 N–H and O–H groups in total. The normalized spacial score (nSPS) is 21.7. The number of ether oxygens (including phenoxy) is 2. The van der Waals surface area contributed by atoms with E-state index < -0.39 is 29.2 Å². The number of methoxy groups -OCH3 is 1. The van der Waals surface area contributed by atoms with Crippen LogP contribution in [0.2, 0.25) is 0 Å². The van der Waals surface area contributed by atoms with Crippen LogP contribution in [0.3, 0.4) is 0 Å². The number of rotatable bonds is 7. The number of benzene rings is 1. The van der Waals surface area contributed by atoms with Gasteiger partial charge in [-0.2, -0.15) is 0 Å². The summed E-state index contributed by atoms with van der Waals surface area (Å²) >= 11 is 1.40. The molecule has 8 nitrogen and oxygen atoms in total.